The maximum Gasteiger partial charge on any atom is 0.315 e. The number of aryl methyl sites for hydroxylation is 1. The molecule has 7 nitrogen and oxygen atoms in total. The zero-order valence-electron chi connectivity index (χ0n) is 12.2. The van der Waals surface area contributed by atoms with Crippen molar-refractivity contribution < 1.29 is 18.8 Å². The highest BCUT2D eigenvalue weighted by molar-refractivity contribution is 5.73. The van der Waals surface area contributed by atoms with Crippen LogP contribution < -0.4 is 20.1 Å². The van der Waals surface area contributed by atoms with Gasteiger partial charge in [-0.05, 0) is 24.6 Å². The molecule has 0 atom stereocenters. The molecule has 0 saturated heterocycles. The van der Waals surface area contributed by atoms with Crippen LogP contribution in [0.3, 0.4) is 0 Å². The second kappa shape index (κ2) is 6.38. The molecule has 2 aromatic rings. The van der Waals surface area contributed by atoms with Gasteiger partial charge in [-0.15, -0.1) is 0 Å². The normalized spacial score (nSPS) is 12.8. The van der Waals surface area contributed by atoms with Gasteiger partial charge in [-0.25, -0.2) is 4.79 Å². The Morgan fingerprint density at radius 3 is 2.68 bits per heavy atom. The van der Waals surface area contributed by atoms with Gasteiger partial charge in [0.15, 0.2) is 11.5 Å². The molecule has 1 aromatic heterocycles. The summed E-state index contributed by atoms with van der Waals surface area (Å²) in [4.78, 5) is 11.7. The lowest BCUT2D eigenvalue weighted by atomic mass is 10.2. The lowest BCUT2D eigenvalue weighted by Crippen LogP contribution is -2.34. The van der Waals surface area contributed by atoms with E-state index in [0.29, 0.717) is 43.5 Å². The fourth-order valence-corrected chi connectivity index (χ4v) is 2.11. The van der Waals surface area contributed by atoms with Crippen LogP contribution in [0.15, 0.2) is 28.8 Å². The van der Waals surface area contributed by atoms with Crippen LogP contribution in [0.2, 0.25) is 0 Å². The van der Waals surface area contributed by atoms with Gasteiger partial charge >= 0.3 is 6.03 Å². The number of fused-ring (bicyclic) bond motifs is 1. The third-order valence-corrected chi connectivity index (χ3v) is 3.17. The number of nitrogens with one attached hydrogen (secondary N) is 2. The average Bonchev–Trinajstić information content (AvgIpc) is 2.96. The summed E-state index contributed by atoms with van der Waals surface area (Å²) in [6.07, 6.45) is 0. The Morgan fingerprint density at radius 2 is 1.91 bits per heavy atom. The second-order valence-electron chi connectivity index (χ2n) is 4.94. The summed E-state index contributed by atoms with van der Waals surface area (Å²) < 4.78 is 15.9. The van der Waals surface area contributed by atoms with E-state index in [9.17, 15) is 4.79 Å². The van der Waals surface area contributed by atoms with Gasteiger partial charge in [0.05, 0.1) is 6.54 Å². The predicted octanol–water partition coefficient (Wildman–Crippen LogP) is 1.75. The van der Waals surface area contributed by atoms with Crippen molar-refractivity contribution in [1.29, 1.82) is 0 Å². The third kappa shape index (κ3) is 3.49. The van der Waals surface area contributed by atoms with Crippen LogP contribution in [0.5, 0.6) is 11.5 Å². The van der Waals surface area contributed by atoms with Gasteiger partial charge < -0.3 is 24.6 Å². The Labute approximate surface area is 127 Å². The highest BCUT2D eigenvalue weighted by Crippen LogP contribution is 2.30. The lowest BCUT2D eigenvalue weighted by molar-refractivity contribution is 0.171. The first-order valence-corrected chi connectivity index (χ1v) is 7.03. The van der Waals surface area contributed by atoms with E-state index in [0.717, 1.165) is 11.3 Å². The van der Waals surface area contributed by atoms with Gasteiger partial charge in [-0.3, -0.25) is 0 Å². The number of nitrogens with zero attached hydrogens (tertiary/aromatic N) is 1. The Morgan fingerprint density at radius 1 is 1.14 bits per heavy atom. The molecule has 7 heteroatoms. The van der Waals surface area contributed by atoms with Crippen LogP contribution in [0.25, 0.3) is 0 Å². The van der Waals surface area contributed by atoms with E-state index < -0.39 is 0 Å². The summed E-state index contributed by atoms with van der Waals surface area (Å²) in [5.41, 5.74) is 1.63. The fraction of sp³-hybridized carbons (Fsp3) is 0.333. The number of carbonyl (C=O) groups excluding carboxylic acids is 1. The van der Waals surface area contributed by atoms with Crippen LogP contribution >= 0.6 is 0 Å². The smallest absolute Gasteiger partial charge is 0.315 e. The van der Waals surface area contributed by atoms with Crippen molar-refractivity contribution in [2.24, 2.45) is 0 Å². The molecule has 2 N–H and O–H groups in total. The maximum absolute atomic E-state index is 11.7. The van der Waals surface area contributed by atoms with Gasteiger partial charge in [0.1, 0.15) is 24.7 Å². The Kier molecular flexibility index (Phi) is 4.13. The topological polar surface area (TPSA) is 85.6 Å². The number of urea groups is 1. The molecule has 0 spiro atoms. The zero-order valence-corrected chi connectivity index (χ0v) is 12.2. The quantitative estimate of drug-likeness (QED) is 0.899. The molecule has 116 valence electrons. The minimum absolute atomic E-state index is 0.268. The third-order valence-electron chi connectivity index (χ3n) is 3.17. The molecule has 1 aliphatic rings. The number of benzene rings is 1. The highest BCUT2D eigenvalue weighted by atomic mass is 16.6. The Hall–Kier alpha value is -2.70. The van der Waals surface area contributed by atoms with E-state index in [1.807, 2.05) is 18.2 Å². The number of hydrogen-bond acceptors (Lipinski definition) is 5. The van der Waals surface area contributed by atoms with Gasteiger partial charge in [-0.2, -0.15) is 0 Å². The summed E-state index contributed by atoms with van der Waals surface area (Å²) in [5, 5.41) is 9.30. The van der Waals surface area contributed by atoms with Crippen molar-refractivity contribution in [3.8, 4) is 11.5 Å². The van der Waals surface area contributed by atoms with Crippen LogP contribution in [0.1, 0.15) is 17.0 Å². The monoisotopic (exact) mass is 303 g/mol. The highest BCUT2D eigenvalue weighted by Gasteiger charge is 2.12. The standard InChI is InChI=1S/C15H17N3O4/c1-10-6-12(18-22-10)9-17-15(19)16-8-11-2-3-13-14(7-11)21-5-4-20-13/h2-3,6-7H,4-5,8-9H2,1H3,(H2,16,17,19). The molecule has 2 heterocycles. The minimum Gasteiger partial charge on any atom is -0.486 e. The van der Waals surface area contributed by atoms with E-state index in [1.165, 1.54) is 0 Å². The van der Waals surface area contributed by atoms with E-state index in [1.54, 1.807) is 13.0 Å². The average molecular weight is 303 g/mol. The SMILES string of the molecule is Cc1cc(CNC(=O)NCc2ccc3c(c2)OCCO3)no1. The van der Waals surface area contributed by atoms with Crippen molar-refractivity contribution in [2.75, 3.05) is 13.2 Å². The number of aromatic nitrogens is 1. The molecule has 1 aliphatic heterocycles. The van der Waals surface area contributed by atoms with Crippen molar-refractivity contribution >= 4 is 6.03 Å². The van der Waals surface area contributed by atoms with Gasteiger partial charge in [0.25, 0.3) is 0 Å². The summed E-state index contributed by atoms with van der Waals surface area (Å²) in [6.45, 7) is 3.64. The van der Waals surface area contributed by atoms with Crippen molar-refractivity contribution in [3.63, 3.8) is 0 Å². The molecule has 0 radical (unpaired) electrons. The molecular weight excluding hydrogens is 286 g/mol. The van der Waals surface area contributed by atoms with Crippen molar-refractivity contribution in [2.45, 2.75) is 20.0 Å². The number of amides is 2. The summed E-state index contributed by atoms with van der Waals surface area (Å²) >= 11 is 0. The molecule has 0 saturated carbocycles. The first-order valence-electron chi connectivity index (χ1n) is 7.03. The summed E-state index contributed by atoms with van der Waals surface area (Å²) in [5.74, 6) is 2.17. The fourth-order valence-electron chi connectivity index (χ4n) is 2.11. The van der Waals surface area contributed by atoms with Crippen LogP contribution in [-0.2, 0) is 13.1 Å². The Bertz CT molecular complexity index is 669. The molecule has 0 bridgehead atoms. The summed E-state index contributed by atoms with van der Waals surface area (Å²) in [7, 11) is 0. The molecule has 0 aliphatic carbocycles. The van der Waals surface area contributed by atoms with Crippen LogP contribution in [0, 0.1) is 6.92 Å². The van der Waals surface area contributed by atoms with E-state index >= 15 is 0 Å². The summed E-state index contributed by atoms with van der Waals surface area (Å²) in [6, 6.07) is 7.13. The number of ether oxygens (including phenoxy) is 2. The van der Waals surface area contributed by atoms with E-state index in [2.05, 4.69) is 15.8 Å². The number of rotatable bonds is 4. The molecule has 2 amide bonds. The maximum atomic E-state index is 11.7. The minimum atomic E-state index is -0.268. The van der Waals surface area contributed by atoms with Crippen molar-refractivity contribution in [3.05, 3.63) is 41.3 Å². The molecule has 0 unspecified atom stereocenters. The van der Waals surface area contributed by atoms with E-state index in [-0.39, 0.29) is 6.03 Å². The first-order chi connectivity index (χ1) is 10.7. The number of carbonyl (C=O) groups is 1. The molecular formula is C15H17N3O4. The van der Waals surface area contributed by atoms with Crippen LogP contribution in [0.4, 0.5) is 4.79 Å². The molecule has 22 heavy (non-hydrogen) atoms. The van der Waals surface area contributed by atoms with Crippen molar-refractivity contribution in [1.82, 2.24) is 15.8 Å². The molecule has 1 aromatic carbocycles. The van der Waals surface area contributed by atoms with Gasteiger partial charge in [-0.1, -0.05) is 11.2 Å². The van der Waals surface area contributed by atoms with Gasteiger partial charge in [0.2, 0.25) is 0 Å². The van der Waals surface area contributed by atoms with Gasteiger partial charge in [0, 0.05) is 12.6 Å². The molecule has 0 fully saturated rings. The Balaban J connectivity index is 1.48. The first kappa shape index (κ1) is 14.2. The molecule has 3 rings (SSSR count). The van der Waals surface area contributed by atoms with E-state index in [4.69, 9.17) is 14.0 Å². The predicted molar refractivity (Wildman–Crippen MR) is 77.7 cm³/mol. The van der Waals surface area contributed by atoms with Crippen LogP contribution in [-0.4, -0.2) is 24.4 Å². The number of hydrogen-bond donors (Lipinski definition) is 2. The lowest BCUT2D eigenvalue weighted by Gasteiger charge is -2.19. The second-order valence-corrected chi connectivity index (χ2v) is 4.94. The largest absolute Gasteiger partial charge is 0.486 e. The zero-order chi connectivity index (χ0) is 15.4.